The lowest BCUT2D eigenvalue weighted by atomic mass is 9.85. The summed E-state index contributed by atoms with van der Waals surface area (Å²) >= 11 is 0. The lowest BCUT2D eigenvalue weighted by molar-refractivity contribution is -0.126. The first-order valence-corrected chi connectivity index (χ1v) is 6.89. The molecule has 0 aromatic heterocycles. The van der Waals surface area contributed by atoms with Crippen LogP contribution in [0.2, 0.25) is 0 Å². The number of carbonyl (C=O) groups is 1. The van der Waals surface area contributed by atoms with E-state index < -0.39 is 0 Å². The fraction of sp³-hybridized carbons (Fsp3) is 0.929. The fourth-order valence-corrected chi connectivity index (χ4v) is 2.99. The molecule has 0 saturated heterocycles. The standard InChI is InChI=1S/C14H25NO/c1-11-7-9-13(10-8-11)15-14(16)12-5-3-2-4-6-12/h11-13H,2-10H2,1H3,(H,15,16)/i1D. The second-order valence-electron chi connectivity index (χ2n) is 5.56. The van der Waals surface area contributed by atoms with Gasteiger partial charge < -0.3 is 5.32 Å². The Morgan fingerprint density at radius 2 is 1.75 bits per heavy atom. The molecule has 0 unspecified atom stereocenters. The largest absolute Gasteiger partial charge is 0.353 e. The Hall–Kier alpha value is -0.530. The topological polar surface area (TPSA) is 29.1 Å². The van der Waals surface area contributed by atoms with Crippen molar-refractivity contribution < 1.29 is 6.17 Å². The zero-order chi connectivity index (χ0) is 12.1. The summed E-state index contributed by atoms with van der Waals surface area (Å²) in [6, 6.07) is 0.396. The third-order valence-corrected chi connectivity index (χ3v) is 4.17. The molecule has 2 aliphatic carbocycles. The molecule has 0 aromatic carbocycles. The number of rotatable bonds is 2. The summed E-state index contributed by atoms with van der Waals surface area (Å²) in [6.45, 7) is 0.559. The highest BCUT2D eigenvalue weighted by atomic mass is 16.1. The molecule has 0 aromatic rings. The summed E-state index contributed by atoms with van der Waals surface area (Å²) in [6.07, 6.45) is 10.4. The van der Waals surface area contributed by atoms with Crippen LogP contribution in [0, 0.1) is 11.8 Å². The van der Waals surface area contributed by atoms with Gasteiger partial charge in [-0.3, -0.25) is 4.79 Å². The molecule has 1 N–H and O–H groups in total. The van der Waals surface area contributed by atoms with Gasteiger partial charge in [0.2, 0.25) is 5.91 Å². The second kappa shape index (κ2) is 5.70. The molecule has 0 radical (unpaired) electrons. The van der Waals surface area contributed by atoms with Crippen molar-refractivity contribution in [1.82, 2.24) is 5.32 Å². The van der Waals surface area contributed by atoms with Gasteiger partial charge in [0.05, 0.1) is 0 Å². The second-order valence-corrected chi connectivity index (χ2v) is 5.56. The molecule has 0 spiro atoms. The summed E-state index contributed by atoms with van der Waals surface area (Å²) in [7, 11) is 0. The zero-order valence-electron chi connectivity index (χ0n) is 11.2. The molecular formula is C14H25NO. The normalized spacial score (nSPS) is 33.1. The molecule has 0 aliphatic heterocycles. The van der Waals surface area contributed by atoms with E-state index >= 15 is 0 Å². The highest BCUT2D eigenvalue weighted by Crippen LogP contribution is 2.26. The van der Waals surface area contributed by atoms with Crippen molar-refractivity contribution >= 4 is 5.91 Å². The first-order chi connectivity index (χ1) is 8.29. The molecule has 0 heterocycles. The lowest BCUT2D eigenvalue weighted by Gasteiger charge is -2.29. The monoisotopic (exact) mass is 224 g/mol. The van der Waals surface area contributed by atoms with Crippen molar-refractivity contribution in [3.05, 3.63) is 0 Å². The summed E-state index contributed by atoms with van der Waals surface area (Å²) in [5.41, 5.74) is 0. The highest BCUT2D eigenvalue weighted by molar-refractivity contribution is 5.79. The Morgan fingerprint density at radius 3 is 2.38 bits per heavy atom. The van der Waals surface area contributed by atoms with Crippen molar-refractivity contribution in [2.24, 2.45) is 11.8 Å². The van der Waals surface area contributed by atoms with Crippen LogP contribution in [-0.2, 0) is 4.79 Å². The van der Waals surface area contributed by atoms with E-state index in [1.165, 1.54) is 19.3 Å². The minimum Gasteiger partial charge on any atom is -0.353 e. The van der Waals surface area contributed by atoms with Gasteiger partial charge in [0.15, 0.2) is 0 Å². The predicted molar refractivity (Wildman–Crippen MR) is 66.1 cm³/mol. The van der Waals surface area contributed by atoms with Crippen molar-refractivity contribution in [3.8, 4) is 0 Å². The van der Waals surface area contributed by atoms with Gasteiger partial charge in [-0.1, -0.05) is 26.2 Å². The number of hydrogen-bond donors (Lipinski definition) is 1. The highest BCUT2D eigenvalue weighted by Gasteiger charge is 2.25. The van der Waals surface area contributed by atoms with Crippen LogP contribution in [0.4, 0.5) is 0 Å². The molecule has 2 heteroatoms. The van der Waals surface area contributed by atoms with Crippen molar-refractivity contribution in [1.29, 1.82) is 0 Å². The molecule has 16 heavy (non-hydrogen) atoms. The van der Waals surface area contributed by atoms with Gasteiger partial charge in [0.1, 0.15) is 0 Å². The van der Waals surface area contributed by atoms with Gasteiger partial charge >= 0.3 is 0 Å². The van der Waals surface area contributed by atoms with Crippen molar-refractivity contribution in [2.75, 3.05) is 0 Å². The number of hydrogen-bond acceptors (Lipinski definition) is 1. The van der Waals surface area contributed by atoms with Crippen LogP contribution in [0.3, 0.4) is 0 Å². The van der Waals surface area contributed by atoms with Gasteiger partial charge in [-0.25, -0.2) is 0 Å². The molecule has 0 bridgehead atoms. The van der Waals surface area contributed by atoms with E-state index in [0.29, 0.717) is 24.8 Å². The van der Waals surface area contributed by atoms with Crippen LogP contribution in [-0.4, -0.2) is 11.9 Å². The van der Waals surface area contributed by atoms with E-state index in [1.54, 1.807) is 0 Å². The van der Waals surface area contributed by atoms with Gasteiger partial charge in [0, 0.05) is 13.3 Å². The van der Waals surface area contributed by atoms with Gasteiger partial charge in [-0.05, 0) is 44.4 Å². The van der Waals surface area contributed by atoms with Gasteiger partial charge in [-0.2, -0.15) is 0 Å². The van der Waals surface area contributed by atoms with E-state index in [-0.39, 0.29) is 5.92 Å². The zero-order valence-corrected chi connectivity index (χ0v) is 10.2. The SMILES string of the molecule is [2H]CC1CCC(NC(=O)C2CCCCC2)CC1. The molecule has 2 nitrogen and oxygen atoms in total. The van der Waals surface area contributed by atoms with E-state index in [4.69, 9.17) is 1.37 Å². The minimum atomic E-state index is 0.289. The Morgan fingerprint density at radius 1 is 1.06 bits per heavy atom. The van der Waals surface area contributed by atoms with Crippen LogP contribution < -0.4 is 5.32 Å². The maximum Gasteiger partial charge on any atom is 0.223 e. The quantitative estimate of drug-likeness (QED) is 0.766. The van der Waals surface area contributed by atoms with Crippen LogP contribution in [0.5, 0.6) is 0 Å². The number of carbonyl (C=O) groups excluding carboxylic acids is 1. The first-order valence-electron chi connectivity index (χ1n) is 7.60. The molecule has 1 amide bonds. The van der Waals surface area contributed by atoms with Crippen LogP contribution >= 0.6 is 0 Å². The van der Waals surface area contributed by atoms with Crippen LogP contribution in [0.25, 0.3) is 0 Å². The van der Waals surface area contributed by atoms with Gasteiger partial charge in [-0.15, -0.1) is 0 Å². The van der Waals surface area contributed by atoms with Gasteiger partial charge in [0.25, 0.3) is 0 Å². The Bertz CT molecular complexity index is 243. The molecule has 2 aliphatic rings. The van der Waals surface area contributed by atoms with E-state index in [2.05, 4.69) is 5.32 Å². The van der Waals surface area contributed by atoms with Crippen molar-refractivity contribution in [3.63, 3.8) is 0 Å². The Balaban J connectivity index is 1.71. The van der Waals surface area contributed by atoms with E-state index in [1.807, 2.05) is 0 Å². The lowest BCUT2D eigenvalue weighted by Crippen LogP contribution is -2.41. The molecule has 2 saturated carbocycles. The van der Waals surface area contributed by atoms with Crippen LogP contribution in [0.1, 0.15) is 66.1 Å². The maximum absolute atomic E-state index is 12.1. The Kier molecular flexibility index (Phi) is 3.78. The fourth-order valence-electron chi connectivity index (χ4n) is 2.99. The molecular weight excluding hydrogens is 198 g/mol. The maximum atomic E-state index is 12.1. The molecule has 92 valence electrons. The summed E-state index contributed by atoms with van der Waals surface area (Å²) in [5.74, 6) is 1.18. The molecule has 0 atom stereocenters. The summed E-state index contributed by atoms with van der Waals surface area (Å²) in [4.78, 5) is 12.1. The van der Waals surface area contributed by atoms with E-state index in [0.717, 1.165) is 38.5 Å². The smallest absolute Gasteiger partial charge is 0.223 e. The number of nitrogens with one attached hydrogen (secondary N) is 1. The predicted octanol–water partition coefficient (Wildman–Crippen LogP) is 3.26. The average molecular weight is 224 g/mol. The summed E-state index contributed by atoms with van der Waals surface area (Å²) < 4.78 is 7.38. The summed E-state index contributed by atoms with van der Waals surface area (Å²) in [5, 5.41) is 3.23. The third-order valence-electron chi connectivity index (χ3n) is 4.17. The average Bonchev–Trinajstić information content (AvgIpc) is 2.40. The molecule has 2 rings (SSSR count). The Labute approximate surface area is 101 Å². The van der Waals surface area contributed by atoms with E-state index in [9.17, 15) is 4.79 Å². The third kappa shape index (κ3) is 3.23. The first kappa shape index (κ1) is 10.6. The molecule has 2 fully saturated rings. The van der Waals surface area contributed by atoms with Crippen LogP contribution in [0.15, 0.2) is 0 Å². The number of amides is 1. The minimum absolute atomic E-state index is 0.289. The van der Waals surface area contributed by atoms with Crippen molar-refractivity contribution in [2.45, 2.75) is 70.7 Å².